The van der Waals surface area contributed by atoms with Crippen LogP contribution in [0.3, 0.4) is 0 Å². The van der Waals surface area contributed by atoms with Gasteiger partial charge in [-0.3, -0.25) is 4.57 Å². The zero-order chi connectivity index (χ0) is 34.7. The van der Waals surface area contributed by atoms with Gasteiger partial charge in [0, 0.05) is 40.4 Å². The highest BCUT2D eigenvalue weighted by Crippen LogP contribution is 2.39. The molecule has 0 aliphatic carbocycles. The number of pyridine rings is 1. The maximum Gasteiger partial charge on any atom is 0.137 e. The maximum absolute atomic E-state index is 6.78. The number of ether oxygens (including phenoxy) is 1. The predicted molar refractivity (Wildman–Crippen MR) is 204 cm³/mol. The van der Waals surface area contributed by atoms with Crippen molar-refractivity contribution in [2.45, 2.75) is 79.6 Å². The van der Waals surface area contributed by atoms with E-state index < -0.39 is 0 Å². The molecule has 7 aromatic rings. The van der Waals surface area contributed by atoms with Crippen LogP contribution in [0.5, 0.6) is 11.5 Å². The summed E-state index contributed by atoms with van der Waals surface area (Å²) in [5.74, 6) is 2.45. The van der Waals surface area contributed by atoms with Crippen molar-refractivity contribution in [1.82, 2.24) is 19.3 Å². The standard InChI is InChI=1S/C44H46N4O/c1-10-44(8,9)32-16-19-39-38(25-32)37-18-17-35(27-40(37)47(39)41-22-28(2)20-21-45-41)49-36-24-33(43(5,6)7)23-34(26-36)48-30(4)42(29(3)46-48)31-14-12-11-13-15-31/h11-27H,10H2,1-9H3. The molecule has 0 bridgehead atoms. The largest absolute Gasteiger partial charge is 0.457 e. The number of hydrogen-bond donors (Lipinski definition) is 0. The minimum Gasteiger partial charge on any atom is -0.457 e. The molecule has 0 spiro atoms. The van der Waals surface area contributed by atoms with Gasteiger partial charge in [-0.2, -0.15) is 5.10 Å². The molecule has 3 aromatic heterocycles. The average molecular weight is 647 g/mol. The van der Waals surface area contributed by atoms with Crippen LogP contribution >= 0.6 is 0 Å². The van der Waals surface area contributed by atoms with Gasteiger partial charge in [0.2, 0.25) is 0 Å². The van der Waals surface area contributed by atoms with Crippen molar-refractivity contribution in [3.8, 4) is 34.1 Å². The van der Waals surface area contributed by atoms with E-state index in [4.69, 9.17) is 14.8 Å². The summed E-state index contributed by atoms with van der Waals surface area (Å²) in [6.07, 6.45) is 2.95. The first-order chi connectivity index (χ1) is 23.3. The minimum atomic E-state index is -0.0936. The highest BCUT2D eigenvalue weighted by atomic mass is 16.5. The van der Waals surface area contributed by atoms with Gasteiger partial charge in [0.25, 0.3) is 0 Å². The molecule has 7 rings (SSSR count). The Bertz CT molecular complexity index is 2330. The monoisotopic (exact) mass is 646 g/mol. The molecule has 0 atom stereocenters. The topological polar surface area (TPSA) is 44.9 Å². The molecule has 0 aliphatic rings. The first-order valence-electron chi connectivity index (χ1n) is 17.3. The fourth-order valence-corrected chi connectivity index (χ4v) is 6.83. The van der Waals surface area contributed by atoms with E-state index in [-0.39, 0.29) is 10.8 Å². The van der Waals surface area contributed by atoms with Crippen molar-refractivity contribution < 1.29 is 4.74 Å². The molecule has 5 heteroatoms. The van der Waals surface area contributed by atoms with Crippen LogP contribution in [-0.4, -0.2) is 19.3 Å². The number of hydrogen-bond acceptors (Lipinski definition) is 3. The van der Waals surface area contributed by atoms with Gasteiger partial charge < -0.3 is 4.74 Å². The highest BCUT2D eigenvalue weighted by molar-refractivity contribution is 6.09. The highest BCUT2D eigenvalue weighted by Gasteiger charge is 2.23. The molecule has 0 amide bonds. The quantitative estimate of drug-likeness (QED) is 0.173. The number of rotatable bonds is 7. The fourth-order valence-electron chi connectivity index (χ4n) is 6.83. The second-order valence-corrected chi connectivity index (χ2v) is 15.1. The summed E-state index contributed by atoms with van der Waals surface area (Å²) in [6.45, 7) is 19.9. The Morgan fingerprint density at radius 2 is 1.47 bits per heavy atom. The number of aryl methyl sites for hydroxylation is 2. The molecule has 0 unspecified atom stereocenters. The molecule has 5 nitrogen and oxygen atoms in total. The van der Waals surface area contributed by atoms with Crippen molar-refractivity contribution in [3.05, 3.63) is 131 Å². The first-order valence-corrected chi connectivity index (χ1v) is 17.3. The van der Waals surface area contributed by atoms with E-state index in [1.807, 2.05) is 18.3 Å². The third-order valence-corrected chi connectivity index (χ3v) is 10.1. The lowest BCUT2D eigenvalue weighted by molar-refractivity contribution is 0.478. The van der Waals surface area contributed by atoms with Crippen molar-refractivity contribution in [2.75, 3.05) is 0 Å². The molecule has 49 heavy (non-hydrogen) atoms. The van der Waals surface area contributed by atoms with Crippen LogP contribution in [0, 0.1) is 20.8 Å². The molecule has 0 N–H and O–H groups in total. The number of aromatic nitrogens is 4. The van der Waals surface area contributed by atoms with E-state index in [1.54, 1.807) is 0 Å². The van der Waals surface area contributed by atoms with Crippen LogP contribution in [0.25, 0.3) is 44.4 Å². The van der Waals surface area contributed by atoms with E-state index in [1.165, 1.54) is 33.0 Å². The lowest BCUT2D eigenvalue weighted by atomic mass is 9.82. The first kappa shape index (κ1) is 32.4. The summed E-state index contributed by atoms with van der Waals surface area (Å²) in [5.41, 5.74) is 11.3. The van der Waals surface area contributed by atoms with E-state index in [9.17, 15) is 0 Å². The van der Waals surface area contributed by atoms with Crippen LogP contribution in [0.4, 0.5) is 0 Å². The van der Waals surface area contributed by atoms with Gasteiger partial charge in [-0.15, -0.1) is 0 Å². The Morgan fingerprint density at radius 1 is 0.694 bits per heavy atom. The molecular formula is C44H46N4O. The van der Waals surface area contributed by atoms with Crippen LogP contribution < -0.4 is 4.74 Å². The summed E-state index contributed by atoms with van der Waals surface area (Å²) in [7, 11) is 0. The smallest absolute Gasteiger partial charge is 0.137 e. The number of fused-ring (bicyclic) bond motifs is 3. The van der Waals surface area contributed by atoms with Gasteiger partial charge in [-0.1, -0.05) is 77.9 Å². The summed E-state index contributed by atoms with van der Waals surface area (Å²) < 4.78 is 11.1. The molecule has 0 radical (unpaired) electrons. The van der Waals surface area contributed by atoms with E-state index in [2.05, 4.69) is 156 Å². The van der Waals surface area contributed by atoms with Crippen molar-refractivity contribution in [1.29, 1.82) is 0 Å². The molecule has 0 saturated carbocycles. The minimum absolute atomic E-state index is 0.0797. The molecule has 3 heterocycles. The third kappa shape index (κ3) is 5.92. The lowest BCUT2D eigenvalue weighted by Crippen LogP contribution is -2.15. The van der Waals surface area contributed by atoms with Gasteiger partial charge in [-0.25, -0.2) is 9.67 Å². The molecular weight excluding hydrogens is 601 g/mol. The summed E-state index contributed by atoms with van der Waals surface area (Å²) >= 11 is 0. The van der Waals surface area contributed by atoms with E-state index in [0.29, 0.717) is 0 Å². The van der Waals surface area contributed by atoms with E-state index >= 15 is 0 Å². The Kier molecular flexibility index (Phi) is 7.98. The van der Waals surface area contributed by atoms with Crippen LogP contribution in [0.2, 0.25) is 0 Å². The second-order valence-electron chi connectivity index (χ2n) is 15.1. The molecule has 248 valence electrons. The predicted octanol–water partition coefficient (Wildman–Crippen LogP) is 11.7. The van der Waals surface area contributed by atoms with Crippen LogP contribution in [-0.2, 0) is 10.8 Å². The van der Waals surface area contributed by atoms with Crippen molar-refractivity contribution in [3.63, 3.8) is 0 Å². The number of benzene rings is 4. The zero-order valence-electron chi connectivity index (χ0n) is 30.2. The van der Waals surface area contributed by atoms with Crippen molar-refractivity contribution in [2.24, 2.45) is 0 Å². The molecule has 0 aliphatic heterocycles. The van der Waals surface area contributed by atoms with Gasteiger partial charge >= 0.3 is 0 Å². The molecule has 0 saturated heterocycles. The van der Waals surface area contributed by atoms with Crippen LogP contribution in [0.1, 0.15) is 76.0 Å². The second kappa shape index (κ2) is 12.1. The summed E-state index contributed by atoms with van der Waals surface area (Å²) in [5, 5.41) is 7.43. The zero-order valence-corrected chi connectivity index (χ0v) is 30.2. The SMILES string of the molecule is CCC(C)(C)c1ccc2c(c1)c1ccc(Oc3cc(-n4nc(C)c(-c5ccccc5)c4C)cc(C(C)(C)C)c3)cc1n2-c1cc(C)ccn1. The van der Waals surface area contributed by atoms with Crippen molar-refractivity contribution >= 4 is 21.8 Å². The molecule has 4 aromatic carbocycles. The number of nitrogens with zero attached hydrogens (tertiary/aromatic N) is 4. The van der Waals surface area contributed by atoms with Gasteiger partial charge in [-0.05, 0) is 109 Å². The van der Waals surface area contributed by atoms with Gasteiger partial charge in [0.05, 0.1) is 22.4 Å². The Hall–Kier alpha value is -5.16. The summed E-state index contributed by atoms with van der Waals surface area (Å²) in [6, 6.07) is 34.5. The van der Waals surface area contributed by atoms with E-state index in [0.717, 1.165) is 57.4 Å². The lowest BCUT2D eigenvalue weighted by Gasteiger charge is -2.23. The Morgan fingerprint density at radius 3 is 2.18 bits per heavy atom. The Balaban J connectivity index is 1.37. The van der Waals surface area contributed by atoms with Gasteiger partial charge in [0.1, 0.15) is 17.3 Å². The van der Waals surface area contributed by atoms with Crippen LogP contribution in [0.15, 0.2) is 103 Å². The third-order valence-electron chi connectivity index (χ3n) is 10.1. The fraction of sp³-hybridized carbons (Fsp3) is 0.273. The molecule has 0 fully saturated rings. The average Bonchev–Trinajstić information content (AvgIpc) is 3.56. The normalized spacial score (nSPS) is 12.3. The van der Waals surface area contributed by atoms with Gasteiger partial charge in [0.15, 0.2) is 0 Å². The maximum atomic E-state index is 6.78. The summed E-state index contributed by atoms with van der Waals surface area (Å²) in [4.78, 5) is 4.82. The Labute approximate surface area is 290 Å².